The Morgan fingerprint density at radius 2 is 1.68 bits per heavy atom. The number of carbonyl (C=O) groups is 2. The molecule has 156 valence electrons. The van der Waals surface area contributed by atoms with Gasteiger partial charge in [0.25, 0.3) is 0 Å². The van der Waals surface area contributed by atoms with Gasteiger partial charge < -0.3 is 10.2 Å². The molecule has 1 saturated heterocycles. The summed E-state index contributed by atoms with van der Waals surface area (Å²) in [6.07, 6.45) is 5.90. The number of benzene rings is 1. The summed E-state index contributed by atoms with van der Waals surface area (Å²) in [5.74, 6) is 0.223. The van der Waals surface area contributed by atoms with E-state index in [4.69, 9.17) is 0 Å². The first kappa shape index (κ1) is 22.4. The average Bonchev–Trinajstić information content (AvgIpc) is 3.23. The Balaban J connectivity index is 1.77. The van der Waals surface area contributed by atoms with Gasteiger partial charge in [0.15, 0.2) is 0 Å². The zero-order chi connectivity index (χ0) is 20.2. The fourth-order valence-corrected chi connectivity index (χ4v) is 3.94. The van der Waals surface area contributed by atoms with E-state index < -0.39 is 0 Å². The molecule has 0 aliphatic carbocycles. The molecule has 2 rings (SSSR count). The number of rotatable bonds is 12. The van der Waals surface area contributed by atoms with Crippen LogP contribution >= 0.6 is 0 Å². The first-order valence-corrected chi connectivity index (χ1v) is 11.0. The van der Waals surface area contributed by atoms with Crippen molar-refractivity contribution in [2.45, 2.75) is 64.8 Å². The van der Waals surface area contributed by atoms with Crippen molar-refractivity contribution in [3.63, 3.8) is 0 Å². The van der Waals surface area contributed by atoms with Crippen LogP contribution in [-0.4, -0.2) is 54.3 Å². The van der Waals surface area contributed by atoms with Crippen LogP contribution in [0.2, 0.25) is 0 Å². The van der Waals surface area contributed by atoms with Gasteiger partial charge in [-0.25, -0.2) is 0 Å². The van der Waals surface area contributed by atoms with Gasteiger partial charge in [-0.05, 0) is 50.8 Å². The summed E-state index contributed by atoms with van der Waals surface area (Å²) in [6, 6.07) is 10.7. The Labute approximate surface area is 170 Å². The van der Waals surface area contributed by atoms with Crippen molar-refractivity contribution in [3.05, 3.63) is 35.9 Å². The number of hydrogen-bond donors (Lipinski definition) is 1. The quantitative estimate of drug-likeness (QED) is 0.594. The number of nitrogens with zero attached hydrogens (tertiary/aromatic N) is 2. The summed E-state index contributed by atoms with van der Waals surface area (Å²) < 4.78 is 0. The third kappa shape index (κ3) is 7.27. The summed E-state index contributed by atoms with van der Waals surface area (Å²) in [7, 11) is 0. The molecular weight excluding hydrogens is 350 g/mol. The minimum Gasteiger partial charge on any atom is -0.354 e. The largest absolute Gasteiger partial charge is 0.354 e. The van der Waals surface area contributed by atoms with Crippen LogP contribution in [0.4, 0.5) is 0 Å². The first-order chi connectivity index (χ1) is 13.7. The molecule has 1 atom stereocenters. The van der Waals surface area contributed by atoms with Crippen molar-refractivity contribution in [1.82, 2.24) is 15.1 Å². The maximum atomic E-state index is 12.3. The molecule has 5 nitrogen and oxygen atoms in total. The van der Waals surface area contributed by atoms with Crippen molar-refractivity contribution in [1.29, 1.82) is 0 Å². The molecule has 0 radical (unpaired) electrons. The van der Waals surface area contributed by atoms with E-state index in [-0.39, 0.29) is 17.9 Å². The third-order valence-electron chi connectivity index (χ3n) is 5.39. The maximum absolute atomic E-state index is 12.3. The Kier molecular flexibility index (Phi) is 10.0. The van der Waals surface area contributed by atoms with Gasteiger partial charge in [0, 0.05) is 32.5 Å². The Hall–Kier alpha value is -1.88. The highest BCUT2D eigenvalue weighted by Gasteiger charge is 2.23. The molecule has 1 N–H and O–H groups in total. The van der Waals surface area contributed by atoms with Crippen molar-refractivity contribution >= 4 is 11.8 Å². The highest BCUT2D eigenvalue weighted by atomic mass is 16.2. The van der Waals surface area contributed by atoms with Crippen LogP contribution in [0.25, 0.3) is 0 Å². The normalized spacial score (nSPS) is 15.4. The second-order valence-corrected chi connectivity index (χ2v) is 7.71. The van der Waals surface area contributed by atoms with E-state index in [0.29, 0.717) is 25.8 Å². The Morgan fingerprint density at radius 1 is 1.04 bits per heavy atom. The Bertz CT molecular complexity index is 579. The van der Waals surface area contributed by atoms with Crippen LogP contribution in [-0.2, 0) is 9.59 Å². The predicted octanol–water partition coefficient (Wildman–Crippen LogP) is 3.76. The zero-order valence-electron chi connectivity index (χ0n) is 17.7. The summed E-state index contributed by atoms with van der Waals surface area (Å²) in [4.78, 5) is 29.1. The summed E-state index contributed by atoms with van der Waals surface area (Å²) in [5, 5.41) is 3.11. The van der Waals surface area contributed by atoms with E-state index in [1.54, 1.807) is 0 Å². The lowest BCUT2D eigenvalue weighted by Gasteiger charge is -2.28. The summed E-state index contributed by atoms with van der Waals surface area (Å²) >= 11 is 0. The summed E-state index contributed by atoms with van der Waals surface area (Å²) in [5.41, 5.74) is 1.26. The highest BCUT2D eigenvalue weighted by molar-refractivity contribution is 5.79. The van der Waals surface area contributed by atoms with Crippen LogP contribution in [0.15, 0.2) is 30.3 Å². The van der Waals surface area contributed by atoms with Crippen LogP contribution < -0.4 is 5.32 Å². The molecule has 1 aliphatic rings. The van der Waals surface area contributed by atoms with Gasteiger partial charge in [0.1, 0.15) is 0 Å². The lowest BCUT2D eigenvalue weighted by Crippen LogP contribution is -2.37. The molecule has 28 heavy (non-hydrogen) atoms. The van der Waals surface area contributed by atoms with E-state index in [1.807, 2.05) is 11.0 Å². The first-order valence-electron chi connectivity index (χ1n) is 11.0. The molecule has 2 amide bonds. The van der Waals surface area contributed by atoms with Gasteiger partial charge in [-0.15, -0.1) is 0 Å². The number of hydrogen-bond acceptors (Lipinski definition) is 3. The van der Waals surface area contributed by atoms with E-state index in [1.165, 1.54) is 18.4 Å². The minimum atomic E-state index is 0.0467. The number of amides is 2. The average molecular weight is 388 g/mol. The van der Waals surface area contributed by atoms with Crippen LogP contribution in [0.5, 0.6) is 0 Å². The van der Waals surface area contributed by atoms with E-state index >= 15 is 0 Å². The molecule has 1 aromatic carbocycles. The van der Waals surface area contributed by atoms with Crippen LogP contribution in [0.1, 0.15) is 70.4 Å². The molecule has 1 aliphatic heterocycles. The van der Waals surface area contributed by atoms with E-state index in [0.717, 1.165) is 39.0 Å². The van der Waals surface area contributed by atoms with E-state index in [2.05, 4.69) is 48.3 Å². The lowest BCUT2D eigenvalue weighted by molar-refractivity contribution is -0.131. The summed E-state index contributed by atoms with van der Waals surface area (Å²) in [6.45, 7) is 8.62. The topological polar surface area (TPSA) is 52.7 Å². The van der Waals surface area contributed by atoms with Crippen molar-refractivity contribution in [2.24, 2.45) is 0 Å². The van der Waals surface area contributed by atoms with Crippen LogP contribution in [0, 0.1) is 0 Å². The fraction of sp³-hybridized carbons (Fsp3) is 0.652. The SMILES string of the molecule is CCCN(CCC)C(=O)CCCC(=O)NCC(c1ccccc1)N1CCCC1. The van der Waals surface area contributed by atoms with Crippen molar-refractivity contribution in [3.8, 4) is 0 Å². The number of likely N-dealkylation sites (tertiary alicyclic amines) is 1. The second-order valence-electron chi connectivity index (χ2n) is 7.71. The Morgan fingerprint density at radius 3 is 2.29 bits per heavy atom. The molecule has 0 aromatic heterocycles. The van der Waals surface area contributed by atoms with Gasteiger partial charge in [-0.3, -0.25) is 14.5 Å². The molecule has 1 unspecified atom stereocenters. The molecule has 5 heteroatoms. The van der Waals surface area contributed by atoms with Gasteiger partial charge in [-0.2, -0.15) is 0 Å². The number of nitrogens with one attached hydrogen (secondary N) is 1. The van der Waals surface area contributed by atoms with Crippen molar-refractivity contribution < 1.29 is 9.59 Å². The number of carbonyl (C=O) groups excluding carboxylic acids is 2. The second kappa shape index (κ2) is 12.6. The monoisotopic (exact) mass is 387 g/mol. The predicted molar refractivity (Wildman–Crippen MR) is 114 cm³/mol. The lowest BCUT2D eigenvalue weighted by atomic mass is 10.1. The smallest absolute Gasteiger partial charge is 0.222 e. The molecule has 1 heterocycles. The highest BCUT2D eigenvalue weighted by Crippen LogP contribution is 2.24. The zero-order valence-corrected chi connectivity index (χ0v) is 17.7. The molecule has 0 bridgehead atoms. The van der Waals surface area contributed by atoms with E-state index in [9.17, 15) is 9.59 Å². The van der Waals surface area contributed by atoms with Gasteiger partial charge in [0.2, 0.25) is 11.8 Å². The molecule has 0 saturated carbocycles. The maximum Gasteiger partial charge on any atom is 0.222 e. The molecular formula is C23H37N3O2. The fourth-order valence-electron chi connectivity index (χ4n) is 3.94. The molecule has 1 aromatic rings. The molecule has 1 fully saturated rings. The van der Waals surface area contributed by atoms with Gasteiger partial charge in [-0.1, -0.05) is 44.2 Å². The molecule has 0 spiro atoms. The third-order valence-corrected chi connectivity index (χ3v) is 5.39. The van der Waals surface area contributed by atoms with Crippen LogP contribution in [0.3, 0.4) is 0 Å². The van der Waals surface area contributed by atoms with Gasteiger partial charge >= 0.3 is 0 Å². The minimum absolute atomic E-state index is 0.0467. The van der Waals surface area contributed by atoms with Crippen molar-refractivity contribution in [2.75, 3.05) is 32.7 Å². The van der Waals surface area contributed by atoms with Gasteiger partial charge in [0.05, 0.1) is 6.04 Å². The standard InChI is InChI=1S/C23H37N3O2/c1-3-15-26(16-4-2)23(28)14-10-13-22(27)24-19-21(25-17-8-9-18-25)20-11-6-5-7-12-20/h5-7,11-12,21H,3-4,8-10,13-19H2,1-2H3,(H,24,27).